The summed E-state index contributed by atoms with van der Waals surface area (Å²) < 4.78 is 28.8. The molecule has 3 aliphatic heterocycles. The molecule has 0 radical (unpaired) electrons. The number of likely N-dealkylation sites (tertiary alicyclic amines) is 1. The summed E-state index contributed by atoms with van der Waals surface area (Å²) in [6, 6.07) is 14.4. The van der Waals surface area contributed by atoms with Gasteiger partial charge in [0.25, 0.3) is 0 Å². The maximum absolute atomic E-state index is 13.8. The third-order valence-electron chi connectivity index (χ3n) is 8.83. The molecule has 2 saturated heterocycles. The summed E-state index contributed by atoms with van der Waals surface area (Å²) in [4.78, 5) is 26.9. The lowest BCUT2D eigenvalue weighted by molar-refractivity contribution is -0.185. The normalized spacial score (nSPS) is 28.5. The van der Waals surface area contributed by atoms with Crippen molar-refractivity contribution in [1.82, 2.24) is 9.47 Å². The van der Waals surface area contributed by atoms with Crippen LogP contribution in [0.5, 0.6) is 5.75 Å². The third-order valence-corrected chi connectivity index (χ3v) is 8.83. The first kappa shape index (κ1) is 24.9. The van der Waals surface area contributed by atoms with Crippen LogP contribution >= 0.6 is 0 Å². The predicted molar refractivity (Wildman–Crippen MR) is 139 cm³/mol. The molecule has 6 rings (SSSR count). The minimum Gasteiger partial charge on any atom is -0.487 e. The lowest BCUT2D eigenvalue weighted by atomic mass is 9.64. The number of fused-ring (bicyclic) bond motifs is 4. The molecule has 1 spiro atoms. The second kappa shape index (κ2) is 9.42. The molecule has 4 atom stereocenters. The highest BCUT2D eigenvalue weighted by atomic mass is 19.1. The van der Waals surface area contributed by atoms with E-state index >= 15 is 0 Å². The van der Waals surface area contributed by atoms with E-state index in [0.717, 1.165) is 36.0 Å². The van der Waals surface area contributed by atoms with Crippen LogP contribution in [0.4, 0.5) is 4.39 Å². The summed E-state index contributed by atoms with van der Waals surface area (Å²) >= 11 is 0. The Kier molecular flexibility index (Phi) is 6.17. The van der Waals surface area contributed by atoms with Crippen LogP contribution in [-0.2, 0) is 20.9 Å². The topological polar surface area (TPSA) is 81.0 Å². The van der Waals surface area contributed by atoms with Gasteiger partial charge in [0, 0.05) is 42.6 Å². The highest BCUT2D eigenvalue weighted by molar-refractivity contribution is 5.83. The number of para-hydroxylation sites is 1. The van der Waals surface area contributed by atoms with E-state index < -0.39 is 11.6 Å². The number of carboxylic acids is 1. The number of piperidine rings is 1. The van der Waals surface area contributed by atoms with Gasteiger partial charge in [-0.25, -0.2) is 4.39 Å². The van der Waals surface area contributed by atoms with Crippen molar-refractivity contribution in [2.45, 2.75) is 57.3 Å². The molecule has 3 aliphatic rings. The highest BCUT2D eigenvalue weighted by Crippen LogP contribution is 2.56. The number of rotatable bonds is 5. The van der Waals surface area contributed by atoms with E-state index in [0.29, 0.717) is 31.6 Å². The van der Waals surface area contributed by atoms with Crippen molar-refractivity contribution in [3.05, 3.63) is 66.1 Å². The monoisotopic (exact) mass is 520 g/mol. The van der Waals surface area contributed by atoms with Crippen LogP contribution in [0.3, 0.4) is 0 Å². The highest BCUT2D eigenvalue weighted by Gasteiger charge is 2.54. The predicted octanol–water partition coefficient (Wildman–Crippen LogP) is 5.18. The van der Waals surface area contributed by atoms with Crippen LogP contribution in [0, 0.1) is 17.2 Å². The molecule has 0 aliphatic carbocycles. The van der Waals surface area contributed by atoms with E-state index in [4.69, 9.17) is 9.47 Å². The van der Waals surface area contributed by atoms with Crippen molar-refractivity contribution >= 4 is 22.8 Å². The fourth-order valence-electron chi connectivity index (χ4n) is 6.83. The molecular weight excluding hydrogens is 487 g/mol. The molecule has 2 fully saturated rings. The Morgan fingerprint density at radius 3 is 2.87 bits per heavy atom. The minimum atomic E-state index is -0.844. The number of hydrogen-bond acceptors (Lipinski definition) is 4. The van der Waals surface area contributed by atoms with Gasteiger partial charge in [0.15, 0.2) is 0 Å². The fourth-order valence-corrected chi connectivity index (χ4v) is 6.83. The SMILES string of the molecule is C[C@]1(CCC(=O)O)Oc2ccccc2[C@@H]2OC[C@]3(CCCN(C(=O)Cn4ccc5ccc(F)cc54)C3)C[C@H]21. The Morgan fingerprint density at radius 2 is 2.03 bits per heavy atom. The first-order valence-electron chi connectivity index (χ1n) is 13.4. The van der Waals surface area contributed by atoms with Crippen molar-refractivity contribution < 1.29 is 28.6 Å². The number of carboxylic acid groups (broad SMARTS) is 1. The molecule has 1 amide bonds. The average Bonchev–Trinajstić information content (AvgIpc) is 3.29. The fraction of sp³-hybridized carbons (Fsp3) is 0.467. The Bertz CT molecular complexity index is 1390. The number of aliphatic carboxylic acids is 1. The number of amides is 1. The van der Waals surface area contributed by atoms with Crippen LogP contribution in [0.15, 0.2) is 54.7 Å². The van der Waals surface area contributed by atoms with Crippen molar-refractivity contribution in [3.8, 4) is 5.75 Å². The van der Waals surface area contributed by atoms with Gasteiger partial charge in [-0.1, -0.05) is 18.2 Å². The minimum absolute atomic E-state index is 0.00633. The Hall–Kier alpha value is -3.39. The van der Waals surface area contributed by atoms with E-state index in [-0.39, 0.29) is 42.1 Å². The summed E-state index contributed by atoms with van der Waals surface area (Å²) in [7, 11) is 0. The van der Waals surface area contributed by atoms with Gasteiger partial charge in [-0.2, -0.15) is 0 Å². The summed E-state index contributed by atoms with van der Waals surface area (Å²) in [5, 5.41) is 10.3. The van der Waals surface area contributed by atoms with Gasteiger partial charge in [0.2, 0.25) is 5.91 Å². The summed E-state index contributed by atoms with van der Waals surface area (Å²) in [6.07, 6.45) is 4.67. The molecule has 1 aromatic heterocycles. The summed E-state index contributed by atoms with van der Waals surface area (Å²) in [5.74, 6) is -0.432. The molecule has 8 heteroatoms. The second-order valence-electron chi connectivity index (χ2n) is 11.5. The molecule has 0 bridgehead atoms. The lowest BCUT2D eigenvalue weighted by Crippen LogP contribution is -2.57. The van der Waals surface area contributed by atoms with E-state index in [1.165, 1.54) is 12.1 Å². The largest absolute Gasteiger partial charge is 0.487 e. The molecule has 7 nitrogen and oxygen atoms in total. The number of hydrogen-bond donors (Lipinski definition) is 1. The molecule has 2 aromatic carbocycles. The van der Waals surface area contributed by atoms with Gasteiger partial charge in [0.05, 0.1) is 18.2 Å². The van der Waals surface area contributed by atoms with Crippen molar-refractivity contribution in [1.29, 1.82) is 0 Å². The molecule has 0 saturated carbocycles. The molecule has 38 heavy (non-hydrogen) atoms. The standard InChI is InChI=1S/C30H33FN2O5/c1-29(12-9-27(35)36)23-16-30(19-37-28(23)22-5-2-3-6-25(22)38-29)11-4-13-33(18-30)26(34)17-32-14-10-20-7-8-21(31)15-24(20)32/h2-3,5-8,10,14-15,23,28H,4,9,11-13,16-19H2,1H3,(H,35,36)/t23-,28+,29-,30-/m1/s1. The molecular formula is C30H33FN2O5. The first-order chi connectivity index (χ1) is 18.3. The number of ether oxygens (including phenoxy) is 2. The van der Waals surface area contributed by atoms with Crippen LogP contribution in [0.2, 0.25) is 0 Å². The van der Waals surface area contributed by atoms with Crippen LogP contribution < -0.4 is 4.74 Å². The second-order valence-corrected chi connectivity index (χ2v) is 11.5. The third kappa shape index (κ3) is 4.45. The summed E-state index contributed by atoms with van der Waals surface area (Å²) in [5.41, 5.74) is 0.808. The molecule has 1 N–H and O–H groups in total. The van der Waals surface area contributed by atoms with Gasteiger partial charge >= 0.3 is 5.97 Å². The lowest BCUT2D eigenvalue weighted by Gasteiger charge is -2.55. The van der Waals surface area contributed by atoms with Gasteiger partial charge in [-0.05, 0) is 68.3 Å². The molecule has 200 valence electrons. The van der Waals surface area contributed by atoms with E-state index in [1.54, 1.807) is 6.07 Å². The Balaban J connectivity index is 1.23. The van der Waals surface area contributed by atoms with Crippen molar-refractivity contribution in [2.75, 3.05) is 19.7 Å². The Morgan fingerprint density at radius 1 is 1.18 bits per heavy atom. The Labute approximate surface area is 221 Å². The number of carbonyl (C=O) groups excluding carboxylic acids is 1. The average molecular weight is 521 g/mol. The number of carbonyl (C=O) groups is 2. The summed E-state index contributed by atoms with van der Waals surface area (Å²) in [6.45, 7) is 3.97. The zero-order chi connectivity index (χ0) is 26.5. The smallest absolute Gasteiger partial charge is 0.303 e. The maximum atomic E-state index is 13.8. The number of halogens is 1. The molecule has 3 aromatic rings. The maximum Gasteiger partial charge on any atom is 0.303 e. The quantitative estimate of drug-likeness (QED) is 0.501. The van der Waals surface area contributed by atoms with E-state index in [1.807, 2.05) is 52.9 Å². The van der Waals surface area contributed by atoms with Gasteiger partial charge in [-0.3, -0.25) is 9.59 Å². The first-order valence-corrected chi connectivity index (χ1v) is 13.4. The van der Waals surface area contributed by atoms with Crippen LogP contribution in [-0.4, -0.2) is 51.7 Å². The van der Waals surface area contributed by atoms with Crippen LogP contribution in [0.25, 0.3) is 10.9 Å². The molecule has 0 unspecified atom stereocenters. The number of nitrogens with zero attached hydrogens (tertiary/aromatic N) is 2. The van der Waals surface area contributed by atoms with Gasteiger partial charge in [0.1, 0.15) is 23.7 Å². The van der Waals surface area contributed by atoms with Crippen LogP contribution in [0.1, 0.15) is 50.7 Å². The van der Waals surface area contributed by atoms with Gasteiger partial charge in [-0.15, -0.1) is 0 Å². The number of aromatic nitrogens is 1. The van der Waals surface area contributed by atoms with E-state index in [9.17, 15) is 19.1 Å². The van der Waals surface area contributed by atoms with Crippen molar-refractivity contribution in [2.24, 2.45) is 11.3 Å². The van der Waals surface area contributed by atoms with Crippen molar-refractivity contribution in [3.63, 3.8) is 0 Å². The zero-order valence-electron chi connectivity index (χ0n) is 21.6. The number of benzene rings is 2. The molecule has 4 heterocycles. The van der Waals surface area contributed by atoms with Gasteiger partial charge < -0.3 is 24.0 Å². The van der Waals surface area contributed by atoms with E-state index in [2.05, 4.69) is 0 Å². The zero-order valence-corrected chi connectivity index (χ0v) is 21.6.